The summed E-state index contributed by atoms with van der Waals surface area (Å²) in [5.41, 5.74) is 1.04. The Kier molecular flexibility index (Phi) is 5.22. The molecule has 5 nitrogen and oxygen atoms in total. The van der Waals surface area contributed by atoms with Gasteiger partial charge in [-0.2, -0.15) is 13.2 Å². The Morgan fingerprint density at radius 1 is 0.935 bits per heavy atom. The Labute approximate surface area is 177 Å². The molecule has 1 aliphatic heterocycles. The molecule has 9 heteroatoms. The van der Waals surface area contributed by atoms with Crippen molar-refractivity contribution in [3.8, 4) is 0 Å². The SMILES string of the molecule is O=C(c1ccccc1)N1CCc2cc(S(=O)(=O)Nc3ccc(C(F)(F)F)cc3)ccc21. The van der Waals surface area contributed by atoms with Crippen molar-refractivity contribution >= 4 is 27.3 Å². The summed E-state index contributed by atoms with van der Waals surface area (Å²) < 4.78 is 65.7. The van der Waals surface area contributed by atoms with Gasteiger partial charge in [0.2, 0.25) is 0 Å². The third-order valence-electron chi connectivity index (χ3n) is 4.99. The fourth-order valence-electron chi connectivity index (χ4n) is 3.43. The van der Waals surface area contributed by atoms with Gasteiger partial charge in [0, 0.05) is 23.5 Å². The molecule has 4 rings (SSSR count). The molecule has 3 aromatic rings. The molecular formula is C22H17F3N2O3S. The summed E-state index contributed by atoms with van der Waals surface area (Å²) in [6, 6.07) is 17.0. The molecule has 0 unspecified atom stereocenters. The summed E-state index contributed by atoms with van der Waals surface area (Å²) in [5, 5.41) is 0. The molecular weight excluding hydrogens is 429 g/mol. The first-order valence-electron chi connectivity index (χ1n) is 9.35. The number of benzene rings is 3. The minimum atomic E-state index is -4.50. The van der Waals surface area contributed by atoms with Crippen LogP contribution in [0.2, 0.25) is 0 Å². The number of anilines is 2. The third kappa shape index (κ3) is 4.27. The van der Waals surface area contributed by atoms with Crippen molar-refractivity contribution in [2.45, 2.75) is 17.5 Å². The number of hydrogen-bond acceptors (Lipinski definition) is 3. The zero-order chi connectivity index (χ0) is 22.2. The van der Waals surface area contributed by atoms with Crippen LogP contribution in [0.15, 0.2) is 77.7 Å². The number of carbonyl (C=O) groups excluding carboxylic acids is 1. The summed E-state index contributed by atoms with van der Waals surface area (Å²) >= 11 is 0. The van der Waals surface area contributed by atoms with E-state index < -0.39 is 21.8 Å². The Morgan fingerprint density at radius 2 is 1.61 bits per heavy atom. The quantitative estimate of drug-likeness (QED) is 0.631. The van der Waals surface area contributed by atoms with Crippen LogP contribution in [0.4, 0.5) is 24.5 Å². The van der Waals surface area contributed by atoms with Crippen molar-refractivity contribution in [3.05, 3.63) is 89.5 Å². The lowest BCUT2D eigenvalue weighted by atomic mass is 10.1. The van der Waals surface area contributed by atoms with Gasteiger partial charge < -0.3 is 4.90 Å². The van der Waals surface area contributed by atoms with Crippen molar-refractivity contribution in [3.63, 3.8) is 0 Å². The van der Waals surface area contributed by atoms with Gasteiger partial charge in [-0.3, -0.25) is 9.52 Å². The molecule has 0 atom stereocenters. The van der Waals surface area contributed by atoms with Crippen molar-refractivity contribution in [1.82, 2.24) is 0 Å². The largest absolute Gasteiger partial charge is 0.416 e. The number of fused-ring (bicyclic) bond motifs is 1. The first-order valence-corrected chi connectivity index (χ1v) is 10.8. The van der Waals surface area contributed by atoms with Crippen LogP contribution in [0.25, 0.3) is 0 Å². The first kappa shape index (κ1) is 20.9. The van der Waals surface area contributed by atoms with Crippen LogP contribution >= 0.6 is 0 Å². The summed E-state index contributed by atoms with van der Waals surface area (Å²) in [4.78, 5) is 14.3. The van der Waals surface area contributed by atoms with Crippen LogP contribution < -0.4 is 9.62 Å². The van der Waals surface area contributed by atoms with Crippen molar-refractivity contribution in [2.24, 2.45) is 0 Å². The first-order chi connectivity index (χ1) is 14.6. The van der Waals surface area contributed by atoms with Gasteiger partial charge in [-0.25, -0.2) is 8.42 Å². The highest BCUT2D eigenvalue weighted by Gasteiger charge is 2.30. The van der Waals surface area contributed by atoms with E-state index in [1.165, 1.54) is 12.1 Å². The number of halogens is 3. The van der Waals surface area contributed by atoms with Gasteiger partial charge in [0.25, 0.3) is 15.9 Å². The van der Waals surface area contributed by atoms with Crippen LogP contribution in [0.5, 0.6) is 0 Å². The second kappa shape index (κ2) is 7.73. The summed E-state index contributed by atoms with van der Waals surface area (Å²) in [5.74, 6) is -0.169. The van der Waals surface area contributed by atoms with E-state index in [0.717, 1.165) is 24.3 Å². The van der Waals surface area contributed by atoms with Gasteiger partial charge >= 0.3 is 6.18 Å². The second-order valence-corrected chi connectivity index (χ2v) is 8.73. The Balaban J connectivity index is 1.55. The van der Waals surface area contributed by atoms with E-state index in [-0.39, 0.29) is 16.5 Å². The number of alkyl halides is 3. The molecule has 0 spiro atoms. The topological polar surface area (TPSA) is 66.5 Å². The fourth-order valence-corrected chi connectivity index (χ4v) is 4.54. The van der Waals surface area contributed by atoms with E-state index in [1.807, 2.05) is 6.07 Å². The number of sulfonamides is 1. The molecule has 0 saturated carbocycles. The molecule has 31 heavy (non-hydrogen) atoms. The van der Waals surface area contributed by atoms with E-state index >= 15 is 0 Å². The van der Waals surface area contributed by atoms with Crippen molar-refractivity contribution < 1.29 is 26.4 Å². The van der Waals surface area contributed by atoms with Gasteiger partial charge in [-0.05, 0) is 66.6 Å². The molecule has 1 aliphatic rings. The van der Waals surface area contributed by atoms with Gasteiger partial charge in [0.05, 0.1) is 10.5 Å². The number of nitrogens with one attached hydrogen (secondary N) is 1. The lowest BCUT2D eigenvalue weighted by molar-refractivity contribution is -0.137. The maximum atomic E-state index is 12.7. The third-order valence-corrected chi connectivity index (χ3v) is 6.37. The highest BCUT2D eigenvalue weighted by Crippen LogP contribution is 2.33. The summed E-state index contributed by atoms with van der Waals surface area (Å²) in [6.07, 6.45) is -4.00. The van der Waals surface area contributed by atoms with E-state index in [4.69, 9.17) is 0 Å². The molecule has 1 amide bonds. The summed E-state index contributed by atoms with van der Waals surface area (Å²) in [6.45, 7) is 0.429. The average Bonchev–Trinajstić information content (AvgIpc) is 3.16. The fraction of sp³-hybridized carbons (Fsp3) is 0.136. The number of hydrogen-bond donors (Lipinski definition) is 1. The summed E-state index contributed by atoms with van der Waals surface area (Å²) in [7, 11) is -4.01. The van der Waals surface area contributed by atoms with Crippen LogP contribution in [-0.4, -0.2) is 20.9 Å². The van der Waals surface area contributed by atoms with E-state index in [1.54, 1.807) is 35.2 Å². The molecule has 1 N–H and O–H groups in total. The molecule has 0 fully saturated rings. The van der Waals surface area contributed by atoms with Gasteiger partial charge in [-0.1, -0.05) is 18.2 Å². The standard InChI is InChI=1S/C22H17F3N2O3S/c23-22(24,25)17-6-8-18(9-7-17)26-31(29,30)19-10-11-20-16(14-19)12-13-27(20)21(28)15-4-2-1-3-5-15/h1-11,14,26H,12-13H2. The molecule has 1 heterocycles. The van der Waals surface area contributed by atoms with E-state index in [0.29, 0.717) is 29.8 Å². The maximum absolute atomic E-state index is 12.7. The Bertz CT molecular complexity index is 1230. The highest BCUT2D eigenvalue weighted by atomic mass is 32.2. The molecule has 0 aromatic heterocycles. The molecule has 3 aromatic carbocycles. The number of nitrogens with zero attached hydrogens (tertiary/aromatic N) is 1. The average molecular weight is 446 g/mol. The van der Waals surface area contributed by atoms with Crippen LogP contribution in [0, 0.1) is 0 Å². The lowest BCUT2D eigenvalue weighted by Crippen LogP contribution is -2.28. The molecule has 160 valence electrons. The minimum absolute atomic E-state index is 0.0226. The predicted octanol–water partition coefficient (Wildman–Crippen LogP) is 4.71. The van der Waals surface area contributed by atoms with Crippen molar-refractivity contribution in [2.75, 3.05) is 16.2 Å². The number of amides is 1. The maximum Gasteiger partial charge on any atom is 0.416 e. The highest BCUT2D eigenvalue weighted by molar-refractivity contribution is 7.92. The Hall–Kier alpha value is -3.33. The smallest absolute Gasteiger partial charge is 0.308 e. The van der Waals surface area contributed by atoms with Gasteiger partial charge in [-0.15, -0.1) is 0 Å². The predicted molar refractivity (Wildman–Crippen MR) is 111 cm³/mol. The molecule has 0 radical (unpaired) electrons. The van der Waals surface area contributed by atoms with Gasteiger partial charge in [0.15, 0.2) is 0 Å². The van der Waals surface area contributed by atoms with Crippen molar-refractivity contribution in [1.29, 1.82) is 0 Å². The normalized spacial score (nSPS) is 13.7. The van der Waals surface area contributed by atoms with Gasteiger partial charge in [0.1, 0.15) is 0 Å². The molecule has 0 bridgehead atoms. The molecule has 0 saturated heterocycles. The molecule has 0 aliphatic carbocycles. The van der Waals surface area contributed by atoms with Crippen LogP contribution in [0.3, 0.4) is 0 Å². The number of carbonyl (C=O) groups is 1. The van der Waals surface area contributed by atoms with E-state index in [2.05, 4.69) is 4.72 Å². The van der Waals surface area contributed by atoms with E-state index in [9.17, 15) is 26.4 Å². The monoisotopic (exact) mass is 446 g/mol. The lowest BCUT2D eigenvalue weighted by Gasteiger charge is -2.18. The second-order valence-electron chi connectivity index (χ2n) is 7.04. The minimum Gasteiger partial charge on any atom is -0.308 e. The van der Waals surface area contributed by atoms with Crippen LogP contribution in [-0.2, 0) is 22.6 Å². The zero-order valence-electron chi connectivity index (χ0n) is 16.1. The zero-order valence-corrected chi connectivity index (χ0v) is 16.9. The van der Waals surface area contributed by atoms with Crippen LogP contribution in [0.1, 0.15) is 21.5 Å². The number of rotatable bonds is 4. The Morgan fingerprint density at radius 3 is 2.26 bits per heavy atom.